The zero-order chi connectivity index (χ0) is 12.2. The van der Waals surface area contributed by atoms with Crippen molar-refractivity contribution >= 4 is 5.97 Å². The van der Waals surface area contributed by atoms with Gasteiger partial charge in [-0.1, -0.05) is 18.6 Å². The van der Waals surface area contributed by atoms with Crippen LogP contribution in [-0.4, -0.2) is 17.6 Å². The third kappa shape index (κ3) is 1.23. The molecule has 3 aliphatic carbocycles. The predicted octanol–water partition coefficient (Wildman–Crippen LogP) is 2.03. The lowest BCUT2D eigenvalue weighted by Gasteiger charge is -2.57. The molecule has 3 aliphatic rings. The Morgan fingerprint density at radius 2 is 2.35 bits per heavy atom. The van der Waals surface area contributed by atoms with Gasteiger partial charge in [0.05, 0.1) is 6.42 Å². The Morgan fingerprint density at radius 3 is 2.94 bits per heavy atom. The number of hydrogen-bond acceptors (Lipinski definition) is 2. The summed E-state index contributed by atoms with van der Waals surface area (Å²) < 4.78 is 0. The summed E-state index contributed by atoms with van der Waals surface area (Å²) in [6.45, 7) is 2.75. The van der Waals surface area contributed by atoms with Crippen molar-refractivity contribution in [2.75, 3.05) is 6.54 Å². The van der Waals surface area contributed by atoms with Gasteiger partial charge in [0.25, 0.3) is 0 Å². The van der Waals surface area contributed by atoms with Gasteiger partial charge < -0.3 is 10.8 Å². The number of carboxylic acid groups (broad SMARTS) is 1. The second-order valence-electron chi connectivity index (χ2n) is 6.00. The Balaban J connectivity index is 1.93. The van der Waals surface area contributed by atoms with Gasteiger partial charge >= 0.3 is 5.97 Å². The number of hydrogen-bond donors (Lipinski definition) is 2. The maximum Gasteiger partial charge on any atom is 0.303 e. The smallest absolute Gasteiger partial charge is 0.303 e. The van der Waals surface area contributed by atoms with Crippen LogP contribution in [0.2, 0.25) is 0 Å². The second kappa shape index (κ2) is 3.58. The first-order valence-corrected chi connectivity index (χ1v) is 6.76. The van der Waals surface area contributed by atoms with Gasteiger partial charge in [0.2, 0.25) is 0 Å². The molecule has 5 atom stereocenters. The number of nitrogens with two attached hydrogens (primary N) is 1. The summed E-state index contributed by atoms with van der Waals surface area (Å²) >= 11 is 0. The highest BCUT2D eigenvalue weighted by Gasteiger charge is 2.67. The largest absolute Gasteiger partial charge is 0.481 e. The van der Waals surface area contributed by atoms with Crippen LogP contribution in [0.5, 0.6) is 0 Å². The summed E-state index contributed by atoms with van der Waals surface area (Å²) in [5.41, 5.74) is 7.40. The van der Waals surface area contributed by atoms with Crippen LogP contribution < -0.4 is 5.73 Å². The highest BCUT2D eigenvalue weighted by Crippen LogP contribution is 2.71. The molecule has 0 amide bonds. The van der Waals surface area contributed by atoms with E-state index in [1.165, 1.54) is 12.8 Å². The van der Waals surface area contributed by atoms with E-state index in [0.29, 0.717) is 18.4 Å². The van der Waals surface area contributed by atoms with Gasteiger partial charge in [0.1, 0.15) is 0 Å². The van der Waals surface area contributed by atoms with Crippen molar-refractivity contribution in [3.8, 4) is 0 Å². The van der Waals surface area contributed by atoms with Crippen molar-refractivity contribution in [1.82, 2.24) is 0 Å². The minimum atomic E-state index is -0.685. The van der Waals surface area contributed by atoms with Crippen LogP contribution in [-0.2, 0) is 4.79 Å². The fourth-order valence-corrected chi connectivity index (χ4v) is 5.04. The van der Waals surface area contributed by atoms with Crippen molar-refractivity contribution in [1.29, 1.82) is 0 Å². The van der Waals surface area contributed by atoms with Crippen LogP contribution in [0, 0.1) is 29.1 Å². The number of carbonyl (C=O) groups is 1. The van der Waals surface area contributed by atoms with E-state index in [9.17, 15) is 4.79 Å². The van der Waals surface area contributed by atoms with Crippen LogP contribution in [0.3, 0.4) is 0 Å². The lowest BCUT2D eigenvalue weighted by molar-refractivity contribution is -0.150. The van der Waals surface area contributed by atoms with E-state index < -0.39 is 5.97 Å². The van der Waals surface area contributed by atoms with Crippen LogP contribution >= 0.6 is 0 Å². The zero-order valence-electron chi connectivity index (χ0n) is 10.4. The normalized spacial score (nSPS) is 46.4. The SMILES string of the molecule is CCC1=C[C@@H]2[C@@H]3[C@H]1CC[C@@H]3[C@@]2(CN)CC(=O)O. The summed E-state index contributed by atoms with van der Waals surface area (Å²) in [5.74, 6) is 1.82. The number of carboxylic acids is 1. The molecule has 0 radical (unpaired) electrons. The molecule has 94 valence electrons. The molecule has 3 nitrogen and oxygen atoms in total. The maximum absolute atomic E-state index is 11.1. The van der Waals surface area contributed by atoms with E-state index in [1.54, 1.807) is 5.57 Å². The summed E-state index contributed by atoms with van der Waals surface area (Å²) in [4.78, 5) is 11.1. The third-order valence-electron chi connectivity index (χ3n) is 5.67. The van der Waals surface area contributed by atoms with E-state index >= 15 is 0 Å². The molecule has 3 N–H and O–H groups in total. The van der Waals surface area contributed by atoms with E-state index in [-0.39, 0.29) is 11.8 Å². The summed E-state index contributed by atoms with van der Waals surface area (Å²) in [5, 5.41) is 9.14. The molecule has 0 aromatic carbocycles. The van der Waals surface area contributed by atoms with Gasteiger partial charge in [-0.15, -0.1) is 0 Å². The molecule has 0 saturated heterocycles. The Bertz CT molecular complexity index is 390. The molecular weight excluding hydrogens is 214 g/mol. The molecular formula is C14H21NO2. The molecule has 3 heteroatoms. The van der Waals surface area contributed by atoms with E-state index in [0.717, 1.165) is 18.3 Å². The van der Waals surface area contributed by atoms with Gasteiger partial charge in [-0.05, 0) is 49.5 Å². The molecule has 0 unspecified atom stereocenters. The minimum Gasteiger partial charge on any atom is -0.481 e. The van der Waals surface area contributed by atoms with Crippen LogP contribution in [0.1, 0.15) is 32.6 Å². The molecule has 2 saturated carbocycles. The van der Waals surface area contributed by atoms with Crippen molar-refractivity contribution in [3.05, 3.63) is 11.6 Å². The molecule has 0 aromatic heterocycles. The topological polar surface area (TPSA) is 63.3 Å². The zero-order valence-corrected chi connectivity index (χ0v) is 10.4. The first kappa shape index (κ1) is 11.3. The highest BCUT2D eigenvalue weighted by molar-refractivity contribution is 5.68. The Labute approximate surface area is 102 Å². The standard InChI is InChI=1S/C14H21NO2/c1-2-8-5-11-13-9(8)3-4-10(13)14(11,7-15)6-12(16)17/h5,9-11,13H,2-4,6-7,15H2,1H3,(H,16,17)/t9-,10-,11+,13+,14-/m0/s1. The Hall–Kier alpha value is -0.830. The minimum absolute atomic E-state index is 0.123. The summed E-state index contributed by atoms with van der Waals surface area (Å²) in [6, 6.07) is 0. The third-order valence-corrected chi connectivity index (χ3v) is 5.67. The Morgan fingerprint density at radius 1 is 1.59 bits per heavy atom. The molecule has 0 aliphatic heterocycles. The number of allylic oxidation sites excluding steroid dienone is 2. The first-order valence-electron chi connectivity index (χ1n) is 6.76. The highest BCUT2D eigenvalue weighted by atomic mass is 16.4. The lowest BCUT2D eigenvalue weighted by Crippen LogP contribution is -2.58. The molecule has 2 fully saturated rings. The molecule has 0 aromatic rings. The summed E-state index contributed by atoms with van der Waals surface area (Å²) in [6.07, 6.45) is 6.20. The molecule has 0 spiro atoms. The summed E-state index contributed by atoms with van der Waals surface area (Å²) in [7, 11) is 0. The number of rotatable bonds is 4. The fraction of sp³-hybridized carbons (Fsp3) is 0.786. The average Bonchev–Trinajstić information content (AvgIpc) is 2.79. The van der Waals surface area contributed by atoms with Crippen molar-refractivity contribution in [2.45, 2.75) is 32.6 Å². The van der Waals surface area contributed by atoms with E-state index in [1.807, 2.05) is 0 Å². The molecule has 0 heterocycles. The van der Waals surface area contributed by atoms with Gasteiger partial charge in [0, 0.05) is 5.41 Å². The van der Waals surface area contributed by atoms with Crippen LogP contribution in [0.4, 0.5) is 0 Å². The molecule has 0 bridgehead atoms. The van der Waals surface area contributed by atoms with Crippen molar-refractivity contribution in [3.63, 3.8) is 0 Å². The Kier molecular flexibility index (Phi) is 2.37. The van der Waals surface area contributed by atoms with E-state index in [4.69, 9.17) is 10.8 Å². The van der Waals surface area contributed by atoms with Crippen LogP contribution in [0.25, 0.3) is 0 Å². The van der Waals surface area contributed by atoms with E-state index in [2.05, 4.69) is 13.0 Å². The quantitative estimate of drug-likeness (QED) is 0.733. The number of aliphatic carboxylic acids is 1. The molecule has 3 rings (SSSR count). The maximum atomic E-state index is 11.1. The predicted molar refractivity (Wildman–Crippen MR) is 65.3 cm³/mol. The monoisotopic (exact) mass is 235 g/mol. The van der Waals surface area contributed by atoms with Crippen molar-refractivity contribution in [2.24, 2.45) is 34.8 Å². The first-order chi connectivity index (χ1) is 8.14. The van der Waals surface area contributed by atoms with Crippen LogP contribution in [0.15, 0.2) is 11.6 Å². The second-order valence-corrected chi connectivity index (χ2v) is 6.00. The fourth-order valence-electron chi connectivity index (χ4n) is 5.04. The van der Waals surface area contributed by atoms with Gasteiger partial charge in [-0.25, -0.2) is 0 Å². The van der Waals surface area contributed by atoms with Crippen molar-refractivity contribution < 1.29 is 9.90 Å². The molecule has 17 heavy (non-hydrogen) atoms. The average molecular weight is 235 g/mol. The van der Waals surface area contributed by atoms with Gasteiger partial charge in [-0.3, -0.25) is 4.79 Å². The van der Waals surface area contributed by atoms with Gasteiger partial charge in [0.15, 0.2) is 0 Å². The van der Waals surface area contributed by atoms with Gasteiger partial charge in [-0.2, -0.15) is 0 Å². The lowest BCUT2D eigenvalue weighted by atomic mass is 9.47.